The molecule has 41 heavy (non-hydrogen) atoms. The first-order chi connectivity index (χ1) is 19.7. The fourth-order valence-corrected chi connectivity index (χ4v) is 7.50. The van der Waals surface area contributed by atoms with E-state index in [0.717, 1.165) is 28.6 Å². The molecule has 1 aromatic heterocycles. The molecule has 4 aromatic rings. The lowest BCUT2D eigenvalue weighted by Crippen LogP contribution is -2.48. The van der Waals surface area contributed by atoms with E-state index in [1.54, 1.807) is 0 Å². The summed E-state index contributed by atoms with van der Waals surface area (Å²) in [6.07, 6.45) is 0.727. The monoisotopic (exact) mass is 607 g/mol. The van der Waals surface area contributed by atoms with Crippen LogP contribution in [0.15, 0.2) is 71.6 Å². The minimum absolute atomic E-state index is 0.00905. The largest absolute Gasteiger partial charge is 0.399 e. The molecular formula is C29H30ClN7O2S2. The summed E-state index contributed by atoms with van der Waals surface area (Å²) in [4.78, 5) is 9.07. The third-order valence-electron chi connectivity index (χ3n) is 7.16. The highest BCUT2D eigenvalue weighted by molar-refractivity contribution is 7.89. The average Bonchev–Trinajstić information content (AvgIpc) is 3.46. The Balaban J connectivity index is 1.33. The molecule has 3 aromatic carbocycles. The molecule has 0 aliphatic carbocycles. The first kappa shape index (κ1) is 28.8. The first-order valence-electron chi connectivity index (χ1n) is 13.1. The summed E-state index contributed by atoms with van der Waals surface area (Å²) in [5, 5.41) is 9.87. The summed E-state index contributed by atoms with van der Waals surface area (Å²) in [6, 6.07) is 22.5. The van der Waals surface area contributed by atoms with Crippen LogP contribution in [0.1, 0.15) is 28.4 Å². The van der Waals surface area contributed by atoms with Crippen molar-refractivity contribution < 1.29 is 8.42 Å². The Morgan fingerprint density at radius 3 is 2.34 bits per heavy atom. The highest BCUT2D eigenvalue weighted by Crippen LogP contribution is 2.32. The van der Waals surface area contributed by atoms with E-state index in [2.05, 4.69) is 34.1 Å². The molecule has 1 aliphatic heterocycles. The van der Waals surface area contributed by atoms with E-state index in [9.17, 15) is 8.42 Å². The topological polar surface area (TPSA) is 119 Å². The summed E-state index contributed by atoms with van der Waals surface area (Å²) in [6.45, 7) is 1.51. The summed E-state index contributed by atoms with van der Waals surface area (Å²) < 4.78 is 32.7. The van der Waals surface area contributed by atoms with Crippen LogP contribution in [0.25, 0.3) is 0 Å². The maximum absolute atomic E-state index is 13.3. The van der Waals surface area contributed by atoms with E-state index < -0.39 is 10.0 Å². The third kappa shape index (κ3) is 6.31. The molecule has 0 radical (unpaired) electrons. The minimum Gasteiger partial charge on any atom is -0.399 e. The van der Waals surface area contributed by atoms with Crippen molar-refractivity contribution in [2.75, 3.05) is 55.8 Å². The number of hydrogen-bond acceptors (Lipinski definition) is 9. The van der Waals surface area contributed by atoms with Crippen LogP contribution >= 0.6 is 23.1 Å². The van der Waals surface area contributed by atoms with E-state index in [1.165, 1.54) is 39.6 Å². The van der Waals surface area contributed by atoms with Crippen LogP contribution in [0, 0.1) is 11.3 Å². The second kappa shape index (κ2) is 12.0. The van der Waals surface area contributed by atoms with Gasteiger partial charge in [0.2, 0.25) is 15.2 Å². The lowest BCUT2D eigenvalue weighted by atomic mass is 9.91. The van der Waals surface area contributed by atoms with Gasteiger partial charge in [-0.2, -0.15) is 13.9 Å². The molecule has 9 nitrogen and oxygen atoms in total. The first-order valence-corrected chi connectivity index (χ1v) is 15.6. The minimum atomic E-state index is -3.79. The number of anilines is 3. The molecule has 1 aliphatic rings. The highest BCUT2D eigenvalue weighted by Gasteiger charge is 2.31. The number of nitriles is 1. The zero-order valence-electron chi connectivity index (χ0n) is 22.7. The molecule has 1 fully saturated rings. The lowest BCUT2D eigenvalue weighted by molar-refractivity contribution is 0.384. The molecular weight excluding hydrogens is 578 g/mol. The zero-order valence-corrected chi connectivity index (χ0v) is 25.1. The number of hydrogen-bond donors (Lipinski definition) is 1. The molecule has 1 atom stereocenters. The smallest absolute Gasteiger partial charge is 0.244 e. The van der Waals surface area contributed by atoms with Crippen molar-refractivity contribution in [1.82, 2.24) is 13.7 Å². The maximum atomic E-state index is 13.3. The van der Waals surface area contributed by atoms with E-state index >= 15 is 0 Å². The molecule has 1 unspecified atom stereocenters. The quantitative estimate of drug-likeness (QED) is 0.289. The Bertz CT molecular complexity index is 1660. The summed E-state index contributed by atoms with van der Waals surface area (Å²) in [5.41, 5.74) is 10.4. The Hall–Kier alpha value is -3.69. The molecule has 12 heteroatoms. The van der Waals surface area contributed by atoms with Crippen molar-refractivity contribution in [3.63, 3.8) is 0 Å². The molecule has 0 amide bonds. The number of rotatable bonds is 8. The van der Waals surface area contributed by atoms with Crippen molar-refractivity contribution in [2.45, 2.75) is 17.2 Å². The second-order valence-electron chi connectivity index (χ2n) is 10.1. The van der Waals surface area contributed by atoms with Gasteiger partial charge in [-0.25, -0.2) is 13.4 Å². The number of sulfonamides is 1. The third-order valence-corrected chi connectivity index (χ3v) is 10.3. The molecule has 2 heterocycles. The Labute approximate surface area is 249 Å². The van der Waals surface area contributed by atoms with Gasteiger partial charge in [0.05, 0.1) is 16.7 Å². The Morgan fingerprint density at radius 1 is 1.05 bits per heavy atom. The van der Waals surface area contributed by atoms with Crippen LogP contribution in [-0.4, -0.2) is 62.4 Å². The predicted octanol–water partition coefficient (Wildman–Crippen LogP) is 4.60. The highest BCUT2D eigenvalue weighted by atomic mass is 35.5. The molecule has 1 saturated heterocycles. The molecule has 2 N–H and O–H groups in total. The van der Waals surface area contributed by atoms with Gasteiger partial charge >= 0.3 is 0 Å². The van der Waals surface area contributed by atoms with E-state index in [4.69, 9.17) is 32.0 Å². The Kier molecular flexibility index (Phi) is 8.47. The molecule has 5 rings (SSSR count). The molecule has 0 spiro atoms. The van der Waals surface area contributed by atoms with Gasteiger partial charge in [0.1, 0.15) is 4.90 Å². The fraction of sp³-hybridized carbons (Fsp3) is 0.276. The van der Waals surface area contributed by atoms with Crippen molar-refractivity contribution in [3.8, 4) is 6.07 Å². The number of aromatic nitrogens is 2. The average molecular weight is 608 g/mol. The molecule has 212 valence electrons. The van der Waals surface area contributed by atoms with Gasteiger partial charge < -0.3 is 15.5 Å². The molecule has 0 saturated carbocycles. The summed E-state index contributed by atoms with van der Waals surface area (Å²) in [5.74, 6) is 0.664. The number of piperazine rings is 1. The number of nitrogens with two attached hydrogens (primary N) is 1. The van der Waals surface area contributed by atoms with Crippen LogP contribution in [0.5, 0.6) is 0 Å². The summed E-state index contributed by atoms with van der Waals surface area (Å²) >= 11 is 7.54. The zero-order chi connectivity index (χ0) is 29.1. The second-order valence-corrected chi connectivity index (χ2v) is 13.1. The van der Waals surface area contributed by atoms with Crippen molar-refractivity contribution in [3.05, 3.63) is 94.3 Å². The van der Waals surface area contributed by atoms with Crippen molar-refractivity contribution in [1.29, 1.82) is 5.26 Å². The van der Waals surface area contributed by atoms with E-state index in [-0.39, 0.29) is 28.9 Å². The van der Waals surface area contributed by atoms with E-state index in [0.29, 0.717) is 24.3 Å². The van der Waals surface area contributed by atoms with Gasteiger partial charge in [0.15, 0.2) is 5.82 Å². The lowest BCUT2D eigenvalue weighted by Gasteiger charge is -2.33. The number of benzene rings is 3. The van der Waals surface area contributed by atoms with Gasteiger partial charge in [0, 0.05) is 69.1 Å². The van der Waals surface area contributed by atoms with Crippen molar-refractivity contribution in [2.24, 2.45) is 0 Å². The molecule has 0 bridgehead atoms. The van der Waals surface area contributed by atoms with Gasteiger partial charge in [-0.3, -0.25) is 0 Å². The van der Waals surface area contributed by atoms with Crippen LogP contribution < -0.4 is 15.5 Å². The van der Waals surface area contributed by atoms with Crippen LogP contribution in [0.2, 0.25) is 5.02 Å². The van der Waals surface area contributed by atoms with Crippen LogP contribution in [0.3, 0.4) is 0 Å². The number of nitrogens with zero attached hydrogens (tertiary/aromatic N) is 6. The van der Waals surface area contributed by atoms with Gasteiger partial charge in [-0.15, -0.1) is 0 Å². The van der Waals surface area contributed by atoms with Gasteiger partial charge in [-0.05, 0) is 60.0 Å². The Morgan fingerprint density at radius 2 is 1.73 bits per heavy atom. The standard InChI is InChI=1S/C29H30ClN7O2S2/c1-35(2)24-10-3-20(4-11-24)17-25(22-6-8-23(32)9-7-22)28-33-29(40-34-28)36-13-15-37(16-14-36)41(38,39)27-12-5-21(19-31)18-26(27)30/h3-12,18,25H,13-17,32H2,1-2H3. The van der Waals surface area contributed by atoms with Gasteiger partial charge in [-0.1, -0.05) is 35.9 Å². The normalized spacial score (nSPS) is 14.9. The predicted molar refractivity (Wildman–Crippen MR) is 164 cm³/mol. The fourth-order valence-electron chi connectivity index (χ4n) is 4.79. The van der Waals surface area contributed by atoms with Crippen LogP contribution in [0.4, 0.5) is 16.5 Å². The SMILES string of the molecule is CN(C)c1ccc(CC(c2ccc(N)cc2)c2nsc(N3CCN(S(=O)(=O)c4ccc(C#N)cc4Cl)CC3)n2)cc1. The van der Waals surface area contributed by atoms with E-state index in [1.807, 2.05) is 44.4 Å². The van der Waals surface area contributed by atoms with Crippen molar-refractivity contribution >= 4 is 49.7 Å². The summed E-state index contributed by atoms with van der Waals surface area (Å²) in [7, 11) is 0.242. The van der Waals surface area contributed by atoms with Crippen LogP contribution in [-0.2, 0) is 16.4 Å². The van der Waals surface area contributed by atoms with Gasteiger partial charge in [0.25, 0.3) is 0 Å². The maximum Gasteiger partial charge on any atom is 0.244 e. The number of nitrogen functional groups attached to an aromatic ring is 1. The number of halogens is 1.